The van der Waals surface area contributed by atoms with Gasteiger partial charge in [0.2, 0.25) is 0 Å². The Labute approximate surface area is 155 Å². The Morgan fingerprint density at radius 1 is 1.26 bits per heavy atom. The highest BCUT2D eigenvalue weighted by Crippen LogP contribution is 2.23. The highest BCUT2D eigenvalue weighted by Gasteiger charge is 2.13. The lowest BCUT2D eigenvalue weighted by Gasteiger charge is -2.11. The Kier molecular flexibility index (Phi) is 6.83. The lowest BCUT2D eigenvalue weighted by Crippen LogP contribution is -2.26. The average Bonchev–Trinajstić information content (AvgIpc) is 2.65. The molecule has 0 bridgehead atoms. The zero-order valence-electron chi connectivity index (χ0n) is 14.7. The van der Waals surface area contributed by atoms with E-state index in [9.17, 15) is 13.6 Å². The van der Waals surface area contributed by atoms with Crippen LogP contribution in [0.2, 0.25) is 0 Å². The molecule has 0 atom stereocenters. The second-order valence-electron chi connectivity index (χ2n) is 5.51. The summed E-state index contributed by atoms with van der Waals surface area (Å²) in [4.78, 5) is 11.9. The molecule has 8 heteroatoms. The number of hydrogen-bond donors (Lipinski definition) is 1. The Morgan fingerprint density at radius 3 is 2.70 bits per heavy atom. The number of aryl methyl sites for hydroxylation is 1. The minimum atomic E-state index is -2.97. The van der Waals surface area contributed by atoms with E-state index >= 15 is 0 Å². The molecule has 140 valence electrons. The van der Waals surface area contributed by atoms with Gasteiger partial charge in [0.05, 0.1) is 11.3 Å². The minimum absolute atomic E-state index is 0.0368. The molecular formula is C19H17F2N3O3. The third-order valence-corrected chi connectivity index (χ3v) is 3.46. The van der Waals surface area contributed by atoms with Crippen LogP contribution >= 0.6 is 0 Å². The predicted octanol–water partition coefficient (Wildman–Crippen LogP) is 3.39. The molecule has 0 spiro atoms. The van der Waals surface area contributed by atoms with Crippen LogP contribution in [0.5, 0.6) is 11.5 Å². The van der Waals surface area contributed by atoms with E-state index < -0.39 is 12.5 Å². The van der Waals surface area contributed by atoms with E-state index in [1.807, 2.05) is 6.07 Å². The third-order valence-electron chi connectivity index (χ3n) is 3.46. The van der Waals surface area contributed by atoms with Crippen molar-refractivity contribution in [1.82, 2.24) is 5.43 Å². The second kappa shape index (κ2) is 9.29. The Bertz CT molecular complexity index is 892. The van der Waals surface area contributed by atoms with Crippen LogP contribution in [0.4, 0.5) is 8.78 Å². The predicted molar refractivity (Wildman–Crippen MR) is 94.8 cm³/mol. The summed E-state index contributed by atoms with van der Waals surface area (Å²) in [7, 11) is 0. The fourth-order valence-corrected chi connectivity index (χ4v) is 2.19. The molecule has 2 aromatic carbocycles. The number of alkyl halides is 2. The molecule has 0 aromatic heterocycles. The van der Waals surface area contributed by atoms with Crippen molar-refractivity contribution in [3.63, 3.8) is 0 Å². The first-order chi connectivity index (χ1) is 12.9. The van der Waals surface area contributed by atoms with Crippen molar-refractivity contribution >= 4 is 11.6 Å². The molecule has 0 aliphatic heterocycles. The van der Waals surface area contributed by atoms with E-state index in [-0.39, 0.29) is 18.1 Å². The van der Waals surface area contributed by atoms with Gasteiger partial charge >= 0.3 is 6.61 Å². The molecule has 0 fully saturated rings. The number of amides is 1. The Morgan fingerprint density at radius 2 is 2.00 bits per heavy atom. The number of nitriles is 1. The average molecular weight is 373 g/mol. The summed E-state index contributed by atoms with van der Waals surface area (Å²) < 4.78 is 34.8. The summed E-state index contributed by atoms with van der Waals surface area (Å²) in [6.07, 6.45) is 0. The number of hydrazone groups is 1. The molecule has 0 saturated heterocycles. The molecular weight excluding hydrogens is 356 g/mol. The molecule has 2 aromatic rings. The summed E-state index contributed by atoms with van der Waals surface area (Å²) in [6, 6.07) is 13.1. The molecule has 0 aliphatic carbocycles. The van der Waals surface area contributed by atoms with Gasteiger partial charge < -0.3 is 9.47 Å². The molecule has 6 nitrogen and oxygen atoms in total. The van der Waals surface area contributed by atoms with Gasteiger partial charge in [0.1, 0.15) is 17.6 Å². The van der Waals surface area contributed by atoms with Crippen molar-refractivity contribution < 1.29 is 23.0 Å². The molecule has 0 unspecified atom stereocenters. The van der Waals surface area contributed by atoms with E-state index in [0.717, 1.165) is 5.56 Å². The number of ether oxygens (including phenoxy) is 2. The van der Waals surface area contributed by atoms with E-state index in [0.29, 0.717) is 16.8 Å². The summed E-state index contributed by atoms with van der Waals surface area (Å²) >= 11 is 0. The SMILES string of the molecule is C/C(=N/NC(=O)COc1ccccc1C#N)c1cc(C)ccc1OC(F)F. The maximum Gasteiger partial charge on any atom is 0.387 e. The number of carbonyl (C=O) groups excluding carboxylic acids is 1. The number of benzene rings is 2. The number of para-hydroxylation sites is 1. The smallest absolute Gasteiger partial charge is 0.387 e. The van der Waals surface area contributed by atoms with Gasteiger partial charge in [0, 0.05) is 5.56 Å². The van der Waals surface area contributed by atoms with Gasteiger partial charge in [0.15, 0.2) is 6.61 Å². The van der Waals surface area contributed by atoms with Crippen molar-refractivity contribution in [1.29, 1.82) is 5.26 Å². The van der Waals surface area contributed by atoms with E-state index in [1.165, 1.54) is 6.07 Å². The monoisotopic (exact) mass is 373 g/mol. The Balaban J connectivity index is 2.04. The van der Waals surface area contributed by atoms with Crippen LogP contribution in [0.25, 0.3) is 0 Å². The van der Waals surface area contributed by atoms with E-state index in [1.54, 1.807) is 50.2 Å². The molecule has 0 heterocycles. The van der Waals surface area contributed by atoms with E-state index in [4.69, 9.17) is 10.00 Å². The third kappa shape index (κ3) is 5.78. The van der Waals surface area contributed by atoms with Crippen LogP contribution in [0.1, 0.15) is 23.6 Å². The highest BCUT2D eigenvalue weighted by molar-refractivity contribution is 6.01. The van der Waals surface area contributed by atoms with Crippen LogP contribution < -0.4 is 14.9 Å². The Hall–Kier alpha value is -3.47. The minimum Gasteiger partial charge on any atom is -0.482 e. The second-order valence-corrected chi connectivity index (χ2v) is 5.51. The van der Waals surface area contributed by atoms with Gasteiger partial charge in [-0.15, -0.1) is 0 Å². The van der Waals surface area contributed by atoms with Crippen molar-refractivity contribution in [3.05, 3.63) is 59.2 Å². The highest BCUT2D eigenvalue weighted by atomic mass is 19.3. The number of rotatable bonds is 7. The maximum absolute atomic E-state index is 12.5. The van der Waals surface area contributed by atoms with Crippen LogP contribution in [0.3, 0.4) is 0 Å². The largest absolute Gasteiger partial charge is 0.482 e. The van der Waals surface area contributed by atoms with Crippen molar-refractivity contribution in [2.24, 2.45) is 5.10 Å². The van der Waals surface area contributed by atoms with Gasteiger partial charge in [-0.2, -0.15) is 19.1 Å². The van der Waals surface area contributed by atoms with Gasteiger partial charge in [-0.05, 0) is 38.1 Å². The maximum atomic E-state index is 12.5. The van der Waals surface area contributed by atoms with Crippen molar-refractivity contribution in [2.75, 3.05) is 6.61 Å². The van der Waals surface area contributed by atoms with Gasteiger partial charge in [0.25, 0.3) is 5.91 Å². The summed E-state index contributed by atoms with van der Waals surface area (Å²) in [5, 5.41) is 12.9. The number of halogens is 2. The number of nitrogens with one attached hydrogen (secondary N) is 1. The normalized spacial score (nSPS) is 11.0. The molecule has 0 radical (unpaired) electrons. The lowest BCUT2D eigenvalue weighted by molar-refractivity contribution is -0.123. The standard InChI is InChI=1S/C19H17F2N3O3/c1-12-7-8-17(27-19(20)21)15(9-12)13(2)23-24-18(25)11-26-16-6-4-3-5-14(16)10-22/h3-9,19H,11H2,1-2H3,(H,24,25)/b23-13-. The molecule has 2 rings (SSSR count). The molecule has 27 heavy (non-hydrogen) atoms. The fraction of sp³-hybridized carbons (Fsp3) is 0.211. The first-order valence-corrected chi connectivity index (χ1v) is 7.91. The van der Waals surface area contributed by atoms with Crippen LogP contribution in [-0.4, -0.2) is 24.8 Å². The number of carbonyl (C=O) groups is 1. The first-order valence-electron chi connectivity index (χ1n) is 7.91. The van der Waals surface area contributed by atoms with Gasteiger partial charge in [-0.1, -0.05) is 23.8 Å². The van der Waals surface area contributed by atoms with Gasteiger partial charge in [-0.25, -0.2) is 5.43 Å². The van der Waals surface area contributed by atoms with Crippen LogP contribution in [0, 0.1) is 18.3 Å². The summed E-state index contributed by atoms with van der Waals surface area (Å²) in [5.74, 6) is -0.321. The molecule has 1 amide bonds. The van der Waals surface area contributed by atoms with Gasteiger partial charge in [-0.3, -0.25) is 4.79 Å². The molecule has 1 N–H and O–H groups in total. The zero-order chi connectivity index (χ0) is 19.8. The zero-order valence-corrected chi connectivity index (χ0v) is 14.7. The first kappa shape index (κ1) is 19.8. The molecule has 0 saturated carbocycles. The number of hydrogen-bond acceptors (Lipinski definition) is 5. The number of nitrogens with zero attached hydrogens (tertiary/aromatic N) is 2. The fourth-order valence-electron chi connectivity index (χ4n) is 2.19. The molecule has 0 aliphatic rings. The van der Waals surface area contributed by atoms with E-state index in [2.05, 4.69) is 15.3 Å². The van der Waals surface area contributed by atoms with Crippen LogP contribution in [0.15, 0.2) is 47.6 Å². The lowest BCUT2D eigenvalue weighted by atomic mass is 10.1. The topological polar surface area (TPSA) is 83.7 Å². The summed E-state index contributed by atoms with van der Waals surface area (Å²) in [6.45, 7) is 0.0210. The van der Waals surface area contributed by atoms with Crippen LogP contribution in [-0.2, 0) is 4.79 Å². The quantitative estimate of drug-likeness (QED) is 0.596. The van der Waals surface area contributed by atoms with Crippen molar-refractivity contribution in [3.8, 4) is 17.6 Å². The van der Waals surface area contributed by atoms with Crippen molar-refractivity contribution in [2.45, 2.75) is 20.5 Å². The summed E-state index contributed by atoms with van der Waals surface area (Å²) in [5.41, 5.74) is 4.04.